The lowest BCUT2D eigenvalue weighted by atomic mass is 10.2. The molecule has 2 aromatic rings. The molecule has 1 aromatic carbocycles. The Morgan fingerprint density at radius 3 is 2.74 bits per heavy atom. The first-order chi connectivity index (χ1) is 8.99. The molecule has 8 heteroatoms. The van der Waals surface area contributed by atoms with Crippen molar-refractivity contribution in [2.75, 3.05) is 19.8 Å². The van der Waals surface area contributed by atoms with Gasteiger partial charge in [-0.15, -0.1) is 5.10 Å². The second-order valence-electron chi connectivity index (χ2n) is 4.14. The number of aromatic nitrogens is 4. The second-order valence-corrected chi connectivity index (χ2v) is 5.15. The average molecular weight is 278 g/mol. The Labute approximate surface area is 114 Å². The number of aryl methyl sites for hydroxylation is 1. The van der Waals surface area contributed by atoms with Crippen LogP contribution in [-0.4, -0.2) is 45.1 Å². The highest BCUT2D eigenvalue weighted by Crippen LogP contribution is 2.31. The van der Waals surface area contributed by atoms with Gasteiger partial charge in [-0.25, -0.2) is 4.68 Å². The molecule has 0 radical (unpaired) electrons. The SMILES string of the molecule is CN(C)C(=O)c1ccc(N)c(Sc2nnnn2C)c1. The van der Waals surface area contributed by atoms with Crippen molar-refractivity contribution >= 4 is 23.4 Å². The van der Waals surface area contributed by atoms with Gasteiger partial charge in [-0.1, -0.05) is 0 Å². The van der Waals surface area contributed by atoms with Gasteiger partial charge in [0.1, 0.15) is 0 Å². The van der Waals surface area contributed by atoms with Gasteiger partial charge in [-0.2, -0.15) is 0 Å². The molecule has 1 aromatic heterocycles. The maximum atomic E-state index is 11.9. The molecule has 0 spiro atoms. The topological polar surface area (TPSA) is 89.9 Å². The van der Waals surface area contributed by atoms with Crippen molar-refractivity contribution in [2.45, 2.75) is 10.1 Å². The summed E-state index contributed by atoms with van der Waals surface area (Å²) >= 11 is 1.32. The fourth-order valence-corrected chi connectivity index (χ4v) is 2.23. The number of nitrogen functional groups attached to an aromatic ring is 1. The summed E-state index contributed by atoms with van der Waals surface area (Å²) in [5.41, 5.74) is 7.08. The number of tetrazole rings is 1. The zero-order valence-electron chi connectivity index (χ0n) is 10.9. The van der Waals surface area contributed by atoms with Gasteiger partial charge >= 0.3 is 0 Å². The number of hydrogen-bond acceptors (Lipinski definition) is 6. The lowest BCUT2D eigenvalue weighted by molar-refractivity contribution is 0.0827. The van der Waals surface area contributed by atoms with Crippen LogP contribution in [0, 0.1) is 0 Å². The first-order valence-electron chi connectivity index (χ1n) is 5.50. The summed E-state index contributed by atoms with van der Waals surface area (Å²) in [5, 5.41) is 11.8. The van der Waals surface area contributed by atoms with Crippen LogP contribution in [0.25, 0.3) is 0 Å². The molecule has 7 nitrogen and oxygen atoms in total. The lowest BCUT2D eigenvalue weighted by Gasteiger charge is -2.12. The largest absolute Gasteiger partial charge is 0.398 e. The Morgan fingerprint density at radius 1 is 1.42 bits per heavy atom. The van der Waals surface area contributed by atoms with Crippen LogP contribution in [-0.2, 0) is 7.05 Å². The number of amides is 1. The van der Waals surface area contributed by atoms with Crippen molar-refractivity contribution in [3.8, 4) is 0 Å². The van der Waals surface area contributed by atoms with E-state index in [0.29, 0.717) is 16.4 Å². The van der Waals surface area contributed by atoms with E-state index in [1.165, 1.54) is 16.7 Å². The maximum Gasteiger partial charge on any atom is 0.253 e. The number of rotatable bonds is 3. The summed E-state index contributed by atoms with van der Waals surface area (Å²) in [6, 6.07) is 5.16. The molecule has 0 unspecified atom stereocenters. The molecule has 0 atom stereocenters. The van der Waals surface area contributed by atoms with Gasteiger partial charge in [0.15, 0.2) is 0 Å². The highest BCUT2D eigenvalue weighted by molar-refractivity contribution is 7.99. The van der Waals surface area contributed by atoms with Crippen molar-refractivity contribution in [3.05, 3.63) is 23.8 Å². The number of carbonyl (C=O) groups is 1. The monoisotopic (exact) mass is 278 g/mol. The van der Waals surface area contributed by atoms with Gasteiger partial charge in [0.2, 0.25) is 5.16 Å². The minimum Gasteiger partial charge on any atom is -0.398 e. The van der Waals surface area contributed by atoms with Crippen LogP contribution < -0.4 is 5.73 Å². The third kappa shape index (κ3) is 2.84. The third-order valence-corrected chi connectivity index (χ3v) is 3.55. The van der Waals surface area contributed by atoms with Crippen molar-refractivity contribution in [2.24, 2.45) is 7.05 Å². The Hall–Kier alpha value is -2.09. The van der Waals surface area contributed by atoms with E-state index in [0.717, 1.165) is 4.90 Å². The first kappa shape index (κ1) is 13.3. The second kappa shape index (κ2) is 5.27. The average Bonchev–Trinajstić information content (AvgIpc) is 2.77. The van der Waals surface area contributed by atoms with Crippen LogP contribution in [0.15, 0.2) is 28.3 Å². The first-order valence-corrected chi connectivity index (χ1v) is 6.32. The molecular formula is C11H14N6OS. The van der Waals surface area contributed by atoms with E-state index >= 15 is 0 Å². The number of anilines is 1. The number of benzene rings is 1. The third-order valence-electron chi connectivity index (χ3n) is 2.45. The van der Waals surface area contributed by atoms with Crippen LogP contribution in [0.4, 0.5) is 5.69 Å². The number of nitrogens with two attached hydrogens (primary N) is 1. The predicted octanol–water partition coefficient (Wildman–Crippen LogP) is 0.645. The van der Waals surface area contributed by atoms with Gasteiger partial charge in [-0.3, -0.25) is 4.79 Å². The van der Waals surface area contributed by atoms with E-state index in [4.69, 9.17) is 5.73 Å². The molecule has 2 rings (SSSR count). The van der Waals surface area contributed by atoms with Crippen molar-refractivity contribution < 1.29 is 4.79 Å². The summed E-state index contributed by atoms with van der Waals surface area (Å²) in [4.78, 5) is 14.2. The van der Waals surface area contributed by atoms with Crippen molar-refractivity contribution in [3.63, 3.8) is 0 Å². The number of carbonyl (C=O) groups excluding carboxylic acids is 1. The number of nitrogens with zero attached hydrogens (tertiary/aromatic N) is 5. The van der Waals surface area contributed by atoms with E-state index in [9.17, 15) is 4.79 Å². The summed E-state index contributed by atoms with van der Waals surface area (Å²) in [6.45, 7) is 0. The van der Waals surface area contributed by atoms with Crippen LogP contribution in [0.5, 0.6) is 0 Å². The molecular weight excluding hydrogens is 264 g/mol. The smallest absolute Gasteiger partial charge is 0.253 e. The van der Waals surface area contributed by atoms with E-state index in [1.807, 2.05) is 0 Å². The van der Waals surface area contributed by atoms with Crippen LogP contribution >= 0.6 is 11.8 Å². The fraction of sp³-hybridized carbons (Fsp3) is 0.273. The van der Waals surface area contributed by atoms with Crippen LogP contribution in [0.1, 0.15) is 10.4 Å². The number of hydrogen-bond donors (Lipinski definition) is 1. The van der Waals surface area contributed by atoms with E-state index in [-0.39, 0.29) is 5.91 Å². The normalized spacial score (nSPS) is 10.5. The van der Waals surface area contributed by atoms with Crippen molar-refractivity contribution in [1.29, 1.82) is 0 Å². The van der Waals surface area contributed by atoms with Gasteiger partial charge < -0.3 is 10.6 Å². The van der Waals surface area contributed by atoms with Gasteiger partial charge in [0.25, 0.3) is 5.91 Å². The minimum atomic E-state index is -0.0714. The molecule has 0 aliphatic rings. The zero-order valence-corrected chi connectivity index (χ0v) is 11.7. The molecule has 2 N–H and O–H groups in total. The molecule has 100 valence electrons. The molecule has 19 heavy (non-hydrogen) atoms. The molecule has 0 bridgehead atoms. The minimum absolute atomic E-state index is 0.0714. The Bertz CT molecular complexity index is 609. The Morgan fingerprint density at radius 2 is 2.16 bits per heavy atom. The highest BCUT2D eigenvalue weighted by atomic mass is 32.2. The molecule has 0 saturated heterocycles. The zero-order chi connectivity index (χ0) is 14.0. The van der Waals surface area contributed by atoms with Crippen LogP contribution in [0.2, 0.25) is 0 Å². The quantitative estimate of drug-likeness (QED) is 0.829. The van der Waals surface area contributed by atoms with E-state index in [1.54, 1.807) is 44.0 Å². The Balaban J connectivity index is 2.32. The van der Waals surface area contributed by atoms with E-state index < -0.39 is 0 Å². The molecule has 0 aliphatic heterocycles. The Kier molecular flexibility index (Phi) is 3.70. The lowest BCUT2D eigenvalue weighted by Crippen LogP contribution is -2.21. The summed E-state index contributed by atoms with van der Waals surface area (Å²) in [5.74, 6) is -0.0714. The van der Waals surface area contributed by atoms with Gasteiger partial charge in [0, 0.05) is 37.3 Å². The maximum absolute atomic E-state index is 11.9. The summed E-state index contributed by atoms with van der Waals surface area (Å²) in [6.07, 6.45) is 0. The van der Waals surface area contributed by atoms with Gasteiger partial charge in [0.05, 0.1) is 0 Å². The summed E-state index contributed by atoms with van der Waals surface area (Å²) in [7, 11) is 5.16. The molecule has 0 fully saturated rings. The predicted molar refractivity (Wildman–Crippen MR) is 71.8 cm³/mol. The molecule has 1 amide bonds. The summed E-state index contributed by atoms with van der Waals surface area (Å²) < 4.78 is 1.55. The van der Waals surface area contributed by atoms with Crippen molar-refractivity contribution in [1.82, 2.24) is 25.1 Å². The molecule has 0 saturated carbocycles. The fourth-order valence-electron chi connectivity index (χ4n) is 1.42. The van der Waals surface area contributed by atoms with Gasteiger partial charge in [-0.05, 0) is 40.4 Å². The van der Waals surface area contributed by atoms with Crippen LogP contribution in [0.3, 0.4) is 0 Å². The molecule has 1 heterocycles. The molecule has 0 aliphatic carbocycles. The standard InChI is InChI=1S/C11H14N6OS/c1-16(2)10(18)7-4-5-8(12)9(6-7)19-11-13-14-15-17(11)3/h4-6H,12H2,1-3H3. The van der Waals surface area contributed by atoms with E-state index in [2.05, 4.69) is 15.5 Å². The highest BCUT2D eigenvalue weighted by Gasteiger charge is 2.13.